The summed E-state index contributed by atoms with van der Waals surface area (Å²) in [6.45, 7) is 0.214. The maximum Gasteiger partial charge on any atom is 0.270 e. The number of anilines is 1. The van der Waals surface area contributed by atoms with Crippen molar-refractivity contribution in [1.82, 2.24) is 5.32 Å². The monoisotopic (exact) mass is 709 g/mol. The van der Waals surface area contributed by atoms with Gasteiger partial charge in [-0.25, -0.2) is 9.29 Å². The number of rotatable bonds is 5. The predicted molar refractivity (Wildman–Crippen MR) is 150 cm³/mol. The highest BCUT2D eigenvalue weighted by Gasteiger charge is 2.35. The lowest BCUT2D eigenvalue weighted by Crippen LogP contribution is -2.54. The van der Waals surface area contributed by atoms with Gasteiger partial charge in [-0.2, -0.15) is 5.26 Å². The van der Waals surface area contributed by atoms with E-state index in [1.54, 1.807) is 30.3 Å². The smallest absolute Gasteiger partial charge is 0.270 e. The number of carbonyl (C=O) groups excluding carboxylic acids is 2. The van der Waals surface area contributed by atoms with Gasteiger partial charge in [-0.05, 0) is 99.4 Å². The summed E-state index contributed by atoms with van der Waals surface area (Å²) >= 11 is 9.34. The second kappa shape index (κ2) is 10.8. The quantitative estimate of drug-likeness (QED) is 0.168. The Balaban J connectivity index is 1.63. The number of nitrogens with one attached hydrogen (secondary N) is 1. The van der Waals surface area contributed by atoms with Gasteiger partial charge in [-0.3, -0.25) is 14.9 Å². The van der Waals surface area contributed by atoms with Crippen molar-refractivity contribution in [3.63, 3.8) is 0 Å². The Morgan fingerprint density at radius 1 is 1.09 bits per heavy atom. The van der Waals surface area contributed by atoms with Gasteiger partial charge in [0, 0.05) is 5.56 Å². The molecule has 1 aliphatic heterocycles. The molecule has 6 nitrogen and oxygen atoms in total. The fraction of sp³-hybridized carbons (Fsp3) is 0.0400. The van der Waals surface area contributed by atoms with E-state index in [0.29, 0.717) is 16.9 Å². The van der Waals surface area contributed by atoms with Crippen molar-refractivity contribution in [2.24, 2.45) is 0 Å². The summed E-state index contributed by atoms with van der Waals surface area (Å²) in [5.41, 5.74) is 1.67. The minimum atomic E-state index is -0.720. The van der Waals surface area contributed by atoms with E-state index in [4.69, 9.17) is 17.0 Å². The molecule has 0 spiro atoms. The highest BCUT2D eigenvalue weighted by molar-refractivity contribution is 14.1. The van der Waals surface area contributed by atoms with E-state index >= 15 is 0 Å². The highest BCUT2D eigenvalue weighted by atomic mass is 127. The topological polar surface area (TPSA) is 82.4 Å². The van der Waals surface area contributed by atoms with E-state index < -0.39 is 17.6 Å². The normalized spacial score (nSPS) is 14.6. The molecule has 0 radical (unpaired) electrons. The molecule has 0 aromatic heterocycles. The standard InChI is InChI=1S/C25H14FI2N3O3S/c26-18-7-3-4-8-21(18)31-24(33)17(23(32)30-25(31)35)9-14-10-19(27)22(20(28)11-14)34-13-16-6-2-1-5-15(16)12-29/h1-11H,13H2,(H,30,32,35)/b17-9+. The average molecular weight is 709 g/mol. The van der Waals surface area contributed by atoms with Crippen molar-refractivity contribution >= 4 is 86.1 Å². The summed E-state index contributed by atoms with van der Waals surface area (Å²) in [5, 5.41) is 11.5. The van der Waals surface area contributed by atoms with Crippen LogP contribution in [0.15, 0.2) is 66.2 Å². The Labute approximate surface area is 233 Å². The van der Waals surface area contributed by atoms with Crippen LogP contribution < -0.4 is 15.0 Å². The van der Waals surface area contributed by atoms with E-state index in [-0.39, 0.29) is 23.0 Å². The van der Waals surface area contributed by atoms with Crippen LogP contribution in [-0.4, -0.2) is 16.9 Å². The Bertz CT molecular complexity index is 1430. The third-order valence-electron chi connectivity index (χ3n) is 5.04. The van der Waals surface area contributed by atoms with Crippen LogP contribution in [0, 0.1) is 24.3 Å². The zero-order chi connectivity index (χ0) is 25.1. The second-order valence-electron chi connectivity index (χ2n) is 7.28. The number of carbonyl (C=O) groups is 2. The predicted octanol–water partition coefficient (Wildman–Crippen LogP) is 5.32. The SMILES string of the molecule is N#Cc1ccccc1COc1c(I)cc(/C=C2\C(=O)NC(=S)N(c3ccccc3F)C2=O)cc1I. The average Bonchev–Trinajstić information content (AvgIpc) is 2.82. The molecule has 1 N–H and O–H groups in total. The Morgan fingerprint density at radius 3 is 2.43 bits per heavy atom. The molecule has 0 bridgehead atoms. The van der Waals surface area contributed by atoms with Crippen molar-refractivity contribution < 1.29 is 18.7 Å². The fourth-order valence-corrected chi connectivity index (χ4v) is 5.78. The molecule has 1 aliphatic rings. The van der Waals surface area contributed by atoms with Gasteiger partial charge >= 0.3 is 0 Å². The van der Waals surface area contributed by atoms with Crippen LogP contribution in [0.5, 0.6) is 5.75 Å². The van der Waals surface area contributed by atoms with Gasteiger partial charge in [0.15, 0.2) is 5.11 Å². The first-order valence-corrected chi connectivity index (χ1v) is 12.6. The summed E-state index contributed by atoms with van der Waals surface area (Å²) in [6.07, 6.45) is 1.44. The first kappa shape index (κ1) is 25.2. The van der Waals surface area contributed by atoms with Crippen LogP contribution in [0.25, 0.3) is 6.08 Å². The largest absolute Gasteiger partial charge is 0.487 e. The number of amides is 2. The molecule has 1 heterocycles. The van der Waals surface area contributed by atoms with Gasteiger partial charge in [-0.15, -0.1) is 0 Å². The third-order valence-corrected chi connectivity index (χ3v) is 6.92. The molecule has 2 amide bonds. The maximum absolute atomic E-state index is 14.3. The van der Waals surface area contributed by atoms with E-state index in [2.05, 4.69) is 56.6 Å². The molecule has 0 aliphatic carbocycles. The zero-order valence-corrected chi connectivity index (χ0v) is 22.9. The molecule has 3 aromatic rings. The molecule has 0 unspecified atom stereocenters. The molecule has 3 aromatic carbocycles. The van der Waals surface area contributed by atoms with Crippen molar-refractivity contribution in [1.29, 1.82) is 5.26 Å². The first-order chi connectivity index (χ1) is 16.8. The minimum absolute atomic E-state index is 0.0426. The first-order valence-electron chi connectivity index (χ1n) is 10.1. The van der Waals surface area contributed by atoms with Crippen LogP contribution in [0.3, 0.4) is 0 Å². The third kappa shape index (κ3) is 5.36. The molecule has 4 rings (SSSR count). The number of benzene rings is 3. The number of thiocarbonyl (C=S) groups is 1. The van der Waals surface area contributed by atoms with E-state index in [1.165, 1.54) is 24.3 Å². The van der Waals surface area contributed by atoms with Crippen LogP contribution in [-0.2, 0) is 16.2 Å². The number of hydrogen-bond acceptors (Lipinski definition) is 5. The highest BCUT2D eigenvalue weighted by Crippen LogP contribution is 2.31. The molecule has 35 heavy (non-hydrogen) atoms. The molecular formula is C25H14FI2N3O3S. The number of nitriles is 1. The van der Waals surface area contributed by atoms with Crippen molar-refractivity contribution in [2.45, 2.75) is 6.61 Å². The Morgan fingerprint density at radius 2 is 1.74 bits per heavy atom. The van der Waals surface area contributed by atoms with Gasteiger partial charge in [0.2, 0.25) is 0 Å². The lowest BCUT2D eigenvalue weighted by atomic mass is 10.1. The minimum Gasteiger partial charge on any atom is -0.487 e. The second-order valence-corrected chi connectivity index (χ2v) is 9.99. The van der Waals surface area contributed by atoms with Crippen LogP contribution in [0.1, 0.15) is 16.7 Å². The van der Waals surface area contributed by atoms with Crippen LogP contribution in [0.2, 0.25) is 0 Å². The fourth-order valence-electron chi connectivity index (χ4n) is 3.38. The number of hydrogen-bond donors (Lipinski definition) is 1. The number of nitrogens with zero attached hydrogens (tertiary/aromatic N) is 2. The van der Waals surface area contributed by atoms with Crippen molar-refractivity contribution in [3.8, 4) is 11.8 Å². The molecule has 0 saturated carbocycles. The van der Waals surface area contributed by atoms with Crippen LogP contribution in [0.4, 0.5) is 10.1 Å². The summed E-state index contributed by atoms with van der Waals surface area (Å²) < 4.78 is 21.8. The van der Waals surface area contributed by atoms with Gasteiger partial charge in [0.05, 0.1) is 24.5 Å². The molecular weight excluding hydrogens is 695 g/mol. The molecule has 10 heteroatoms. The summed E-state index contributed by atoms with van der Waals surface area (Å²) in [6, 6.07) is 18.6. The Kier molecular flexibility index (Phi) is 7.78. The van der Waals surface area contributed by atoms with E-state index in [0.717, 1.165) is 17.6 Å². The van der Waals surface area contributed by atoms with Crippen molar-refractivity contribution in [2.75, 3.05) is 4.90 Å². The summed E-state index contributed by atoms with van der Waals surface area (Å²) in [7, 11) is 0. The van der Waals surface area contributed by atoms with E-state index in [9.17, 15) is 19.2 Å². The van der Waals surface area contributed by atoms with E-state index in [1.807, 2.05) is 12.1 Å². The molecule has 0 atom stereocenters. The number of ether oxygens (including phenoxy) is 1. The lowest BCUT2D eigenvalue weighted by Gasteiger charge is -2.29. The zero-order valence-electron chi connectivity index (χ0n) is 17.7. The summed E-state index contributed by atoms with van der Waals surface area (Å²) in [5.74, 6) is -1.40. The molecule has 1 fully saturated rings. The number of para-hydroxylation sites is 1. The lowest BCUT2D eigenvalue weighted by molar-refractivity contribution is -0.122. The van der Waals surface area contributed by atoms with Gasteiger partial charge in [0.1, 0.15) is 23.7 Å². The van der Waals surface area contributed by atoms with Gasteiger partial charge in [0.25, 0.3) is 11.8 Å². The maximum atomic E-state index is 14.3. The molecule has 174 valence electrons. The van der Waals surface area contributed by atoms with Crippen LogP contribution >= 0.6 is 57.4 Å². The van der Waals surface area contributed by atoms with Gasteiger partial charge in [-0.1, -0.05) is 30.3 Å². The summed E-state index contributed by atoms with van der Waals surface area (Å²) in [4.78, 5) is 26.7. The van der Waals surface area contributed by atoms with Gasteiger partial charge < -0.3 is 4.74 Å². The Hall–Kier alpha value is -2.89. The number of halogens is 3. The molecule has 1 saturated heterocycles. The van der Waals surface area contributed by atoms with Crippen molar-refractivity contribution in [3.05, 3.63) is 95.9 Å².